The lowest BCUT2D eigenvalue weighted by molar-refractivity contribution is -0.137. The molecule has 2 aliphatic heterocycles. The van der Waals surface area contributed by atoms with Gasteiger partial charge in [0.2, 0.25) is 15.9 Å². The number of carbonyl (C=O) groups excluding carboxylic acids is 1. The van der Waals surface area contributed by atoms with Crippen molar-refractivity contribution >= 4 is 21.6 Å². The number of rotatable bonds is 4. The van der Waals surface area contributed by atoms with Crippen molar-refractivity contribution in [3.05, 3.63) is 60.2 Å². The molecule has 9 heteroatoms. The summed E-state index contributed by atoms with van der Waals surface area (Å²) in [6.45, 7) is 2.46. The first kappa shape index (κ1) is 21.7. The van der Waals surface area contributed by atoms with Gasteiger partial charge in [0.25, 0.3) is 0 Å². The molecule has 2 saturated heterocycles. The molecule has 0 spiro atoms. The van der Waals surface area contributed by atoms with Gasteiger partial charge in [-0.25, -0.2) is 17.2 Å². The van der Waals surface area contributed by atoms with E-state index < -0.39 is 15.8 Å². The van der Waals surface area contributed by atoms with Crippen LogP contribution in [0.2, 0.25) is 0 Å². The van der Waals surface area contributed by atoms with Crippen LogP contribution in [0.4, 0.5) is 14.5 Å². The van der Waals surface area contributed by atoms with Gasteiger partial charge in [0.05, 0.1) is 5.69 Å². The summed E-state index contributed by atoms with van der Waals surface area (Å²) in [5.41, 5.74) is 0.543. The van der Waals surface area contributed by atoms with Gasteiger partial charge in [0, 0.05) is 45.2 Å². The van der Waals surface area contributed by atoms with Crippen molar-refractivity contribution in [2.45, 2.75) is 17.7 Å². The first-order valence-electron chi connectivity index (χ1n) is 10.4. The van der Waals surface area contributed by atoms with Crippen molar-refractivity contribution in [3.63, 3.8) is 0 Å². The standard InChI is InChI=1S/C22H25F2N3O3S/c23-18-5-1-3-7-20(18)25-13-15-26(16-14-25)22(28)17-9-11-27(12-10-17)31(29,30)21-8-4-2-6-19(21)24/h1-8,17H,9-16H2. The lowest BCUT2D eigenvalue weighted by atomic mass is 9.96. The predicted octanol–water partition coefficient (Wildman–Crippen LogP) is 2.71. The zero-order valence-corrected chi connectivity index (χ0v) is 17.9. The minimum atomic E-state index is -3.92. The van der Waals surface area contributed by atoms with Gasteiger partial charge in [0.1, 0.15) is 16.5 Å². The molecule has 0 radical (unpaired) electrons. The Kier molecular flexibility index (Phi) is 6.24. The minimum Gasteiger partial charge on any atom is -0.366 e. The van der Waals surface area contributed by atoms with Crippen LogP contribution in [-0.4, -0.2) is 62.8 Å². The summed E-state index contributed by atoms with van der Waals surface area (Å²) in [5.74, 6) is -1.29. The van der Waals surface area contributed by atoms with Crippen LogP contribution in [-0.2, 0) is 14.8 Å². The number of hydrogen-bond donors (Lipinski definition) is 0. The summed E-state index contributed by atoms with van der Waals surface area (Å²) < 4.78 is 54.7. The summed E-state index contributed by atoms with van der Waals surface area (Å²) in [6.07, 6.45) is 0.806. The Balaban J connectivity index is 1.33. The average molecular weight is 450 g/mol. The minimum absolute atomic E-state index is 0.0103. The van der Waals surface area contributed by atoms with Crippen LogP contribution in [0.1, 0.15) is 12.8 Å². The van der Waals surface area contributed by atoms with E-state index in [0.717, 1.165) is 6.07 Å². The van der Waals surface area contributed by atoms with Gasteiger partial charge in [-0.3, -0.25) is 4.79 Å². The Morgan fingerprint density at radius 3 is 2.00 bits per heavy atom. The monoisotopic (exact) mass is 449 g/mol. The fraction of sp³-hybridized carbons (Fsp3) is 0.409. The third kappa shape index (κ3) is 4.43. The van der Waals surface area contributed by atoms with Crippen molar-refractivity contribution in [1.82, 2.24) is 9.21 Å². The average Bonchev–Trinajstić information content (AvgIpc) is 2.79. The van der Waals surface area contributed by atoms with Crippen molar-refractivity contribution in [2.75, 3.05) is 44.2 Å². The molecule has 2 aromatic rings. The second kappa shape index (κ2) is 8.92. The summed E-state index contributed by atoms with van der Waals surface area (Å²) in [5, 5.41) is 0. The number of piperidine rings is 1. The third-order valence-electron chi connectivity index (χ3n) is 6.04. The molecule has 31 heavy (non-hydrogen) atoms. The van der Waals surface area contributed by atoms with Crippen LogP contribution in [0.3, 0.4) is 0 Å². The van der Waals surface area contributed by atoms with Gasteiger partial charge in [-0.2, -0.15) is 4.31 Å². The van der Waals surface area contributed by atoms with E-state index in [-0.39, 0.29) is 35.6 Å². The Bertz CT molecular complexity index is 1050. The number of sulfonamides is 1. The smallest absolute Gasteiger partial charge is 0.245 e. The summed E-state index contributed by atoms with van der Waals surface area (Å²) in [6, 6.07) is 11.9. The molecule has 4 rings (SSSR count). The molecule has 0 N–H and O–H groups in total. The van der Waals surface area contributed by atoms with Gasteiger partial charge >= 0.3 is 0 Å². The molecule has 0 saturated carbocycles. The number of carbonyl (C=O) groups is 1. The molecule has 166 valence electrons. The molecule has 0 atom stereocenters. The fourth-order valence-electron chi connectivity index (χ4n) is 4.27. The number of amides is 1. The van der Waals surface area contributed by atoms with Crippen LogP contribution in [0, 0.1) is 17.6 Å². The highest BCUT2D eigenvalue weighted by Gasteiger charge is 2.35. The topological polar surface area (TPSA) is 60.9 Å². The maximum absolute atomic E-state index is 14.0. The van der Waals surface area contributed by atoms with E-state index in [4.69, 9.17) is 0 Å². The molecule has 0 unspecified atom stereocenters. The highest BCUT2D eigenvalue weighted by Crippen LogP contribution is 2.27. The molecule has 2 aromatic carbocycles. The van der Waals surface area contributed by atoms with Crippen molar-refractivity contribution in [2.24, 2.45) is 5.92 Å². The van der Waals surface area contributed by atoms with Gasteiger partial charge in [-0.05, 0) is 37.1 Å². The van der Waals surface area contributed by atoms with Crippen molar-refractivity contribution in [3.8, 4) is 0 Å². The number of anilines is 1. The molecule has 2 heterocycles. The van der Waals surface area contributed by atoms with Crippen molar-refractivity contribution < 1.29 is 22.0 Å². The third-order valence-corrected chi connectivity index (χ3v) is 7.97. The summed E-state index contributed by atoms with van der Waals surface area (Å²) in [7, 11) is -3.92. The maximum atomic E-state index is 14.0. The molecular formula is C22H25F2N3O3S. The Hall–Kier alpha value is -2.52. The number of para-hydroxylation sites is 1. The molecule has 2 fully saturated rings. The van der Waals surface area contributed by atoms with Crippen LogP contribution >= 0.6 is 0 Å². The normalized spacial score (nSPS) is 18.9. The Morgan fingerprint density at radius 2 is 1.39 bits per heavy atom. The second-order valence-electron chi connectivity index (χ2n) is 7.87. The van der Waals surface area contributed by atoms with E-state index in [1.54, 1.807) is 23.1 Å². The fourth-order valence-corrected chi connectivity index (χ4v) is 5.80. The first-order chi connectivity index (χ1) is 14.9. The quantitative estimate of drug-likeness (QED) is 0.720. The number of hydrogen-bond acceptors (Lipinski definition) is 4. The molecule has 0 bridgehead atoms. The molecule has 0 aliphatic carbocycles. The first-order valence-corrected chi connectivity index (χ1v) is 11.8. The lowest BCUT2D eigenvalue weighted by Gasteiger charge is -2.39. The number of nitrogens with zero attached hydrogens (tertiary/aromatic N) is 3. The molecular weight excluding hydrogens is 424 g/mol. The molecule has 2 aliphatic rings. The highest BCUT2D eigenvalue weighted by molar-refractivity contribution is 7.89. The van der Waals surface area contributed by atoms with E-state index in [0.29, 0.717) is 44.7 Å². The SMILES string of the molecule is O=C(C1CCN(S(=O)(=O)c2ccccc2F)CC1)N1CCN(c2ccccc2F)CC1. The van der Waals surface area contributed by atoms with E-state index >= 15 is 0 Å². The number of halogens is 2. The predicted molar refractivity (Wildman–Crippen MR) is 113 cm³/mol. The van der Waals surface area contributed by atoms with Crippen LogP contribution in [0.15, 0.2) is 53.4 Å². The van der Waals surface area contributed by atoms with E-state index in [2.05, 4.69) is 0 Å². The maximum Gasteiger partial charge on any atom is 0.245 e. The van der Waals surface area contributed by atoms with Crippen LogP contribution in [0.25, 0.3) is 0 Å². The zero-order chi connectivity index (χ0) is 22.0. The van der Waals surface area contributed by atoms with E-state index in [1.807, 2.05) is 4.90 Å². The second-order valence-corrected chi connectivity index (χ2v) is 9.78. The van der Waals surface area contributed by atoms with E-state index in [1.165, 1.54) is 28.6 Å². The van der Waals surface area contributed by atoms with Gasteiger partial charge in [0.15, 0.2) is 0 Å². The number of benzene rings is 2. The number of piperazine rings is 1. The molecule has 6 nitrogen and oxygen atoms in total. The van der Waals surface area contributed by atoms with Crippen LogP contribution in [0.5, 0.6) is 0 Å². The Labute approximate surface area is 181 Å². The summed E-state index contributed by atoms with van der Waals surface area (Å²) in [4.78, 5) is 16.3. The zero-order valence-electron chi connectivity index (χ0n) is 17.1. The Morgan fingerprint density at radius 1 is 0.806 bits per heavy atom. The van der Waals surface area contributed by atoms with Crippen LogP contribution < -0.4 is 4.90 Å². The highest BCUT2D eigenvalue weighted by atomic mass is 32.2. The van der Waals surface area contributed by atoms with E-state index in [9.17, 15) is 22.0 Å². The largest absolute Gasteiger partial charge is 0.366 e. The molecule has 1 amide bonds. The molecule has 0 aromatic heterocycles. The van der Waals surface area contributed by atoms with Crippen molar-refractivity contribution in [1.29, 1.82) is 0 Å². The van der Waals surface area contributed by atoms with Gasteiger partial charge in [-0.15, -0.1) is 0 Å². The van der Waals surface area contributed by atoms with Gasteiger partial charge < -0.3 is 9.80 Å². The summed E-state index contributed by atoms with van der Waals surface area (Å²) >= 11 is 0. The van der Waals surface area contributed by atoms with Gasteiger partial charge in [-0.1, -0.05) is 24.3 Å². The lowest BCUT2D eigenvalue weighted by Crippen LogP contribution is -2.52.